The first kappa shape index (κ1) is 29.1. The van der Waals surface area contributed by atoms with Crippen LogP contribution in [0.25, 0.3) is 86.3 Å². The number of nitrogens with zero attached hydrogens (tertiary/aromatic N) is 1. The van der Waals surface area contributed by atoms with E-state index in [2.05, 4.69) is 157 Å². The smallest absolute Gasteiger partial charge is 0.159 e. The highest BCUT2D eigenvalue weighted by atomic mass is 32.1. The summed E-state index contributed by atoms with van der Waals surface area (Å²) in [5, 5.41) is 7.09. The van der Waals surface area contributed by atoms with Crippen LogP contribution >= 0.6 is 11.3 Å². The van der Waals surface area contributed by atoms with E-state index < -0.39 is 0 Å². The molecule has 0 aliphatic heterocycles. The Kier molecular flexibility index (Phi) is 6.42. The molecule has 3 aromatic heterocycles. The lowest BCUT2D eigenvalue weighted by Gasteiger charge is -2.26. The molecule has 244 valence electrons. The lowest BCUT2D eigenvalue weighted by Crippen LogP contribution is -2.10. The van der Waals surface area contributed by atoms with E-state index in [1.165, 1.54) is 20.2 Å². The van der Waals surface area contributed by atoms with Crippen molar-refractivity contribution in [1.82, 2.24) is 0 Å². The van der Waals surface area contributed by atoms with E-state index in [0.29, 0.717) is 0 Å². The quantitative estimate of drug-likeness (QED) is 0.181. The standard InChI is InChI=1S/C48H29NO2S/c1-4-16-43-36(9-1)40-13-7-12-35(47(40)50-43)32-21-19-30(20-22-32)31-23-25-33(26-24-31)49(34-27-28-39-38-11-3-6-18-45(38)52-46(39)29-34)42-15-8-14-41-37-10-2-5-17-44(37)51-48(41)42/h1-29H. The van der Waals surface area contributed by atoms with Crippen LogP contribution in [0.4, 0.5) is 17.1 Å². The molecule has 11 aromatic rings. The maximum absolute atomic E-state index is 6.58. The Labute approximate surface area is 303 Å². The molecule has 52 heavy (non-hydrogen) atoms. The SMILES string of the molecule is c1ccc2c(c1)oc1c(-c3ccc(-c4ccc(N(c5ccc6c(c5)sc5ccccc56)c5cccc6c5oc5ccccc56)cc4)cc3)cccc12. The number of benzene rings is 8. The third-order valence-corrected chi connectivity index (χ3v) is 11.4. The van der Waals surface area contributed by atoms with Crippen LogP contribution < -0.4 is 4.90 Å². The minimum atomic E-state index is 0.874. The van der Waals surface area contributed by atoms with E-state index in [9.17, 15) is 0 Å². The molecule has 3 nitrogen and oxygen atoms in total. The molecule has 0 saturated heterocycles. The molecular weight excluding hydrogens is 655 g/mol. The Morgan fingerprint density at radius 2 is 0.904 bits per heavy atom. The number of fused-ring (bicyclic) bond motifs is 9. The van der Waals surface area contributed by atoms with Gasteiger partial charge in [-0.05, 0) is 65.2 Å². The molecule has 0 spiro atoms. The summed E-state index contributed by atoms with van der Waals surface area (Å²) in [7, 11) is 0. The van der Waals surface area contributed by atoms with Gasteiger partial charge in [-0.1, -0.05) is 127 Å². The van der Waals surface area contributed by atoms with Crippen molar-refractivity contribution in [3.8, 4) is 22.3 Å². The molecule has 3 heterocycles. The van der Waals surface area contributed by atoms with Crippen molar-refractivity contribution in [1.29, 1.82) is 0 Å². The van der Waals surface area contributed by atoms with Gasteiger partial charge in [0.2, 0.25) is 0 Å². The summed E-state index contributed by atoms with van der Waals surface area (Å²) in [5.74, 6) is 0. The van der Waals surface area contributed by atoms with Crippen LogP contribution in [-0.4, -0.2) is 0 Å². The van der Waals surface area contributed by atoms with Gasteiger partial charge in [0.05, 0.1) is 5.69 Å². The van der Waals surface area contributed by atoms with Crippen molar-refractivity contribution in [2.24, 2.45) is 0 Å². The minimum Gasteiger partial charge on any atom is -0.455 e. The number of rotatable bonds is 5. The third-order valence-electron chi connectivity index (χ3n) is 10.3. The Balaban J connectivity index is 1.01. The first-order valence-electron chi connectivity index (χ1n) is 17.5. The average Bonchev–Trinajstić information content (AvgIpc) is 3.90. The monoisotopic (exact) mass is 683 g/mol. The molecule has 4 heteroatoms. The van der Waals surface area contributed by atoms with Crippen LogP contribution in [0.2, 0.25) is 0 Å². The van der Waals surface area contributed by atoms with Crippen LogP contribution in [0, 0.1) is 0 Å². The van der Waals surface area contributed by atoms with Gasteiger partial charge < -0.3 is 13.7 Å². The molecule has 0 atom stereocenters. The van der Waals surface area contributed by atoms with Gasteiger partial charge in [0.25, 0.3) is 0 Å². The second-order valence-electron chi connectivity index (χ2n) is 13.3. The number of thiophene rings is 1. The molecular formula is C48H29NO2S. The number of hydrogen-bond donors (Lipinski definition) is 0. The van der Waals surface area contributed by atoms with Crippen molar-refractivity contribution in [2.75, 3.05) is 4.90 Å². The summed E-state index contributed by atoms with van der Waals surface area (Å²) >= 11 is 1.84. The van der Waals surface area contributed by atoms with Gasteiger partial charge in [-0.2, -0.15) is 0 Å². The van der Waals surface area contributed by atoms with Crippen molar-refractivity contribution >= 4 is 92.4 Å². The second-order valence-corrected chi connectivity index (χ2v) is 14.4. The molecule has 11 rings (SSSR count). The predicted octanol–water partition coefficient (Wildman–Crippen LogP) is 14.7. The first-order valence-corrected chi connectivity index (χ1v) is 18.3. The van der Waals surface area contributed by atoms with Gasteiger partial charge >= 0.3 is 0 Å². The van der Waals surface area contributed by atoms with Gasteiger partial charge in [-0.3, -0.25) is 0 Å². The van der Waals surface area contributed by atoms with E-state index in [0.717, 1.165) is 83.2 Å². The summed E-state index contributed by atoms with van der Waals surface area (Å²) in [6.07, 6.45) is 0. The molecule has 0 radical (unpaired) electrons. The number of hydrogen-bond acceptors (Lipinski definition) is 4. The first-order chi connectivity index (χ1) is 25.8. The van der Waals surface area contributed by atoms with Crippen molar-refractivity contribution in [2.45, 2.75) is 0 Å². The highest BCUT2D eigenvalue weighted by Crippen LogP contribution is 2.45. The average molecular weight is 684 g/mol. The van der Waals surface area contributed by atoms with Crippen LogP contribution in [0.3, 0.4) is 0 Å². The van der Waals surface area contributed by atoms with E-state index in [4.69, 9.17) is 8.83 Å². The highest BCUT2D eigenvalue weighted by molar-refractivity contribution is 7.25. The Morgan fingerprint density at radius 1 is 0.365 bits per heavy atom. The van der Waals surface area contributed by atoms with Crippen LogP contribution in [-0.2, 0) is 0 Å². The lowest BCUT2D eigenvalue weighted by molar-refractivity contribution is 0.669. The van der Waals surface area contributed by atoms with Gasteiger partial charge in [-0.15, -0.1) is 11.3 Å². The van der Waals surface area contributed by atoms with Crippen LogP contribution in [0.15, 0.2) is 185 Å². The van der Waals surface area contributed by atoms with Crippen LogP contribution in [0.5, 0.6) is 0 Å². The van der Waals surface area contributed by atoms with Crippen LogP contribution in [0.1, 0.15) is 0 Å². The van der Waals surface area contributed by atoms with Gasteiger partial charge in [0, 0.05) is 58.7 Å². The highest BCUT2D eigenvalue weighted by Gasteiger charge is 2.20. The Morgan fingerprint density at radius 3 is 1.65 bits per heavy atom. The topological polar surface area (TPSA) is 29.5 Å². The number of para-hydroxylation sites is 4. The number of furan rings is 2. The second kappa shape index (κ2) is 11.5. The van der Waals surface area contributed by atoms with Gasteiger partial charge in [0.15, 0.2) is 5.58 Å². The molecule has 0 amide bonds. The molecule has 0 aliphatic rings. The van der Waals surface area contributed by atoms with E-state index in [1.54, 1.807) is 0 Å². The van der Waals surface area contributed by atoms with Gasteiger partial charge in [0.1, 0.15) is 16.7 Å². The molecule has 0 fully saturated rings. The molecule has 0 bridgehead atoms. The number of anilines is 3. The summed E-state index contributed by atoms with van der Waals surface area (Å²) in [6, 6.07) is 62.5. The Hall–Kier alpha value is -6.62. The van der Waals surface area contributed by atoms with Crippen molar-refractivity contribution < 1.29 is 8.83 Å². The molecule has 0 saturated carbocycles. The fourth-order valence-electron chi connectivity index (χ4n) is 7.81. The summed E-state index contributed by atoms with van der Waals surface area (Å²) in [6.45, 7) is 0. The molecule has 8 aromatic carbocycles. The van der Waals surface area contributed by atoms with E-state index in [-0.39, 0.29) is 0 Å². The maximum Gasteiger partial charge on any atom is 0.159 e. The summed E-state index contributed by atoms with van der Waals surface area (Å²) in [5.41, 5.74) is 11.3. The Bertz CT molecular complexity index is 3130. The maximum atomic E-state index is 6.58. The molecule has 0 unspecified atom stereocenters. The molecule has 0 N–H and O–H groups in total. The zero-order valence-electron chi connectivity index (χ0n) is 27.9. The largest absolute Gasteiger partial charge is 0.455 e. The third kappa shape index (κ3) is 4.51. The fraction of sp³-hybridized carbons (Fsp3) is 0. The van der Waals surface area contributed by atoms with Crippen molar-refractivity contribution in [3.05, 3.63) is 176 Å². The fourth-order valence-corrected chi connectivity index (χ4v) is 8.95. The minimum absolute atomic E-state index is 0.874. The predicted molar refractivity (Wildman–Crippen MR) is 219 cm³/mol. The van der Waals surface area contributed by atoms with Gasteiger partial charge in [-0.25, -0.2) is 0 Å². The van der Waals surface area contributed by atoms with Crippen molar-refractivity contribution in [3.63, 3.8) is 0 Å². The van der Waals surface area contributed by atoms with E-state index in [1.807, 2.05) is 35.6 Å². The lowest BCUT2D eigenvalue weighted by atomic mass is 9.98. The summed E-state index contributed by atoms with van der Waals surface area (Å²) < 4.78 is 15.5. The molecule has 0 aliphatic carbocycles. The zero-order chi connectivity index (χ0) is 34.2. The normalized spacial score (nSPS) is 11.8. The van der Waals surface area contributed by atoms with E-state index >= 15 is 0 Å². The summed E-state index contributed by atoms with van der Waals surface area (Å²) in [4.78, 5) is 2.33. The zero-order valence-corrected chi connectivity index (χ0v) is 28.7.